The molecule has 0 saturated carbocycles. The van der Waals surface area contributed by atoms with Crippen LogP contribution < -0.4 is 5.32 Å². The van der Waals surface area contributed by atoms with Crippen molar-refractivity contribution in [2.45, 2.75) is 6.92 Å². The van der Waals surface area contributed by atoms with E-state index in [1.54, 1.807) is 18.4 Å². The fourth-order valence-electron chi connectivity index (χ4n) is 1.63. The molecular formula is C12H9N3O2S. The summed E-state index contributed by atoms with van der Waals surface area (Å²) in [7, 11) is 0. The number of hydrogen-bond donors (Lipinski definition) is 1. The molecule has 90 valence electrons. The van der Waals surface area contributed by atoms with Crippen LogP contribution in [0.1, 0.15) is 6.92 Å². The third kappa shape index (κ3) is 1.86. The Morgan fingerprint density at radius 1 is 1.39 bits per heavy atom. The van der Waals surface area contributed by atoms with Crippen molar-refractivity contribution in [3.63, 3.8) is 0 Å². The van der Waals surface area contributed by atoms with Gasteiger partial charge in [-0.05, 0) is 23.6 Å². The zero-order chi connectivity index (χ0) is 12.5. The van der Waals surface area contributed by atoms with Crippen LogP contribution in [0.3, 0.4) is 0 Å². The number of aromatic nitrogens is 2. The van der Waals surface area contributed by atoms with Crippen molar-refractivity contribution in [3.05, 3.63) is 29.8 Å². The molecule has 0 aliphatic heterocycles. The van der Waals surface area contributed by atoms with Crippen LogP contribution in [0.15, 0.2) is 34.3 Å². The SMILES string of the molecule is CC(=O)Nc1nc(-c2ccco2)nc2ccsc12. The van der Waals surface area contributed by atoms with Crippen molar-refractivity contribution in [3.8, 4) is 11.6 Å². The maximum atomic E-state index is 11.2. The van der Waals surface area contributed by atoms with E-state index in [0.717, 1.165) is 10.2 Å². The van der Waals surface area contributed by atoms with Crippen LogP contribution in [-0.2, 0) is 4.79 Å². The lowest BCUT2D eigenvalue weighted by molar-refractivity contribution is -0.114. The fraction of sp³-hybridized carbons (Fsp3) is 0.0833. The summed E-state index contributed by atoms with van der Waals surface area (Å²) in [6, 6.07) is 5.44. The van der Waals surface area contributed by atoms with Gasteiger partial charge < -0.3 is 9.73 Å². The molecule has 3 aromatic rings. The Bertz CT molecular complexity index is 703. The molecule has 0 atom stereocenters. The van der Waals surface area contributed by atoms with E-state index >= 15 is 0 Å². The van der Waals surface area contributed by atoms with Crippen molar-refractivity contribution in [1.29, 1.82) is 0 Å². The lowest BCUT2D eigenvalue weighted by Crippen LogP contribution is -2.08. The van der Waals surface area contributed by atoms with Crippen molar-refractivity contribution >= 4 is 33.3 Å². The molecule has 0 unspecified atom stereocenters. The minimum atomic E-state index is -0.159. The maximum absolute atomic E-state index is 11.2. The molecule has 0 aliphatic rings. The van der Waals surface area contributed by atoms with Gasteiger partial charge in [-0.25, -0.2) is 9.97 Å². The maximum Gasteiger partial charge on any atom is 0.222 e. The van der Waals surface area contributed by atoms with E-state index in [-0.39, 0.29) is 5.91 Å². The molecule has 0 spiro atoms. The number of nitrogens with zero attached hydrogens (tertiary/aromatic N) is 2. The Labute approximate surface area is 106 Å². The number of amides is 1. The Hall–Kier alpha value is -2.21. The normalized spacial score (nSPS) is 10.7. The van der Waals surface area contributed by atoms with E-state index in [9.17, 15) is 4.79 Å². The number of rotatable bonds is 2. The monoisotopic (exact) mass is 259 g/mol. The standard InChI is InChI=1S/C12H9N3O2S/c1-7(16)13-12-10-8(4-6-18-10)14-11(15-12)9-3-2-5-17-9/h2-6H,1H3,(H,13,14,15,16). The highest BCUT2D eigenvalue weighted by Gasteiger charge is 2.12. The second-order valence-electron chi connectivity index (χ2n) is 3.69. The van der Waals surface area contributed by atoms with E-state index < -0.39 is 0 Å². The summed E-state index contributed by atoms with van der Waals surface area (Å²) in [4.78, 5) is 19.9. The molecule has 0 fully saturated rings. The van der Waals surface area contributed by atoms with Gasteiger partial charge >= 0.3 is 0 Å². The van der Waals surface area contributed by atoms with Crippen LogP contribution in [0.5, 0.6) is 0 Å². The van der Waals surface area contributed by atoms with E-state index in [4.69, 9.17) is 4.42 Å². The molecule has 0 bridgehead atoms. The number of hydrogen-bond acceptors (Lipinski definition) is 5. The first kappa shape index (κ1) is 10.9. The van der Waals surface area contributed by atoms with Gasteiger partial charge in [0.25, 0.3) is 0 Å². The van der Waals surface area contributed by atoms with Crippen LogP contribution in [0.25, 0.3) is 21.8 Å². The van der Waals surface area contributed by atoms with Gasteiger partial charge in [0.15, 0.2) is 17.4 Å². The number of nitrogens with one attached hydrogen (secondary N) is 1. The molecular weight excluding hydrogens is 250 g/mol. The number of carbonyl (C=O) groups is 1. The van der Waals surface area contributed by atoms with E-state index in [0.29, 0.717) is 17.4 Å². The van der Waals surface area contributed by atoms with Crippen LogP contribution in [0, 0.1) is 0 Å². The lowest BCUT2D eigenvalue weighted by atomic mass is 10.3. The van der Waals surface area contributed by atoms with Gasteiger partial charge in [-0.2, -0.15) is 0 Å². The van der Waals surface area contributed by atoms with E-state index in [2.05, 4.69) is 15.3 Å². The summed E-state index contributed by atoms with van der Waals surface area (Å²) in [5, 5.41) is 4.63. The minimum absolute atomic E-state index is 0.159. The molecule has 5 nitrogen and oxygen atoms in total. The summed E-state index contributed by atoms with van der Waals surface area (Å²) >= 11 is 1.49. The average molecular weight is 259 g/mol. The number of anilines is 1. The number of furan rings is 1. The lowest BCUT2D eigenvalue weighted by Gasteiger charge is -2.04. The van der Waals surface area contributed by atoms with E-state index in [1.165, 1.54) is 18.3 Å². The van der Waals surface area contributed by atoms with Gasteiger partial charge in [0, 0.05) is 6.92 Å². The second-order valence-corrected chi connectivity index (χ2v) is 4.61. The first-order valence-electron chi connectivity index (χ1n) is 5.31. The molecule has 3 heterocycles. The number of fused-ring (bicyclic) bond motifs is 1. The zero-order valence-electron chi connectivity index (χ0n) is 9.51. The summed E-state index contributed by atoms with van der Waals surface area (Å²) in [5.74, 6) is 1.41. The first-order chi connectivity index (χ1) is 8.74. The molecule has 3 rings (SSSR count). The third-order valence-corrected chi connectivity index (χ3v) is 3.25. The Kier molecular flexibility index (Phi) is 2.56. The fourth-order valence-corrected chi connectivity index (χ4v) is 2.41. The Morgan fingerprint density at radius 3 is 3.00 bits per heavy atom. The quantitative estimate of drug-likeness (QED) is 0.768. The number of thiophene rings is 1. The predicted molar refractivity (Wildman–Crippen MR) is 69.4 cm³/mol. The van der Waals surface area contributed by atoms with Gasteiger partial charge in [-0.1, -0.05) is 0 Å². The summed E-state index contributed by atoms with van der Waals surface area (Å²) in [6.07, 6.45) is 1.56. The largest absolute Gasteiger partial charge is 0.461 e. The smallest absolute Gasteiger partial charge is 0.222 e. The Balaban J connectivity index is 2.19. The van der Waals surface area contributed by atoms with Crippen molar-refractivity contribution in [2.24, 2.45) is 0 Å². The van der Waals surface area contributed by atoms with Crippen LogP contribution >= 0.6 is 11.3 Å². The average Bonchev–Trinajstić information content (AvgIpc) is 2.99. The predicted octanol–water partition coefficient (Wildman–Crippen LogP) is 2.91. The number of carbonyl (C=O) groups excluding carboxylic acids is 1. The molecule has 1 N–H and O–H groups in total. The Morgan fingerprint density at radius 2 is 2.28 bits per heavy atom. The van der Waals surface area contributed by atoms with E-state index in [1.807, 2.05) is 11.4 Å². The molecule has 3 aromatic heterocycles. The molecule has 18 heavy (non-hydrogen) atoms. The van der Waals surface area contributed by atoms with Gasteiger partial charge in [0.1, 0.15) is 0 Å². The topological polar surface area (TPSA) is 68.0 Å². The van der Waals surface area contributed by atoms with Gasteiger partial charge in [0.2, 0.25) is 5.91 Å². The van der Waals surface area contributed by atoms with Gasteiger partial charge in [-0.3, -0.25) is 4.79 Å². The molecule has 0 radical (unpaired) electrons. The summed E-state index contributed by atoms with van der Waals surface area (Å²) in [6.45, 7) is 1.45. The second kappa shape index (κ2) is 4.23. The van der Waals surface area contributed by atoms with Gasteiger partial charge in [0.05, 0.1) is 16.5 Å². The van der Waals surface area contributed by atoms with Crippen LogP contribution in [-0.4, -0.2) is 15.9 Å². The van der Waals surface area contributed by atoms with Gasteiger partial charge in [-0.15, -0.1) is 11.3 Å². The molecule has 0 aromatic carbocycles. The zero-order valence-corrected chi connectivity index (χ0v) is 10.3. The summed E-state index contributed by atoms with van der Waals surface area (Å²) < 4.78 is 6.13. The molecule has 6 heteroatoms. The minimum Gasteiger partial charge on any atom is -0.461 e. The highest BCUT2D eigenvalue weighted by molar-refractivity contribution is 7.17. The van der Waals surface area contributed by atoms with Crippen molar-refractivity contribution in [2.75, 3.05) is 5.32 Å². The highest BCUT2D eigenvalue weighted by atomic mass is 32.1. The highest BCUT2D eigenvalue weighted by Crippen LogP contribution is 2.29. The molecule has 1 amide bonds. The third-order valence-electron chi connectivity index (χ3n) is 2.34. The first-order valence-corrected chi connectivity index (χ1v) is 6.19. The van der Waals surface area contributed by atoms with Crippen molar-refractivity contribution < 1.29 is 9.21 Å². The van der Waals surface area contributed by atoms with Crippen LogP contribution in [0.2, 0.25) is 0 Å². The summed E-state index contributed by atoms with van der Waals surface area (Å²) in [5.41, 5.74) is 0.796. The van der Waals surface area contributed by atoms with Crippen molar-refractivity contribution in [1.82, 2.24) is 9.97 Å². The molecule has 0 aliphatic carbocycles. The van der Waals surface area contributed by atoms with Crippen LogP contribution in [0.4, 0.5) is 5.82 Å². The molecule has 0 saturated heterocycles.